The summed E-state index contributed by atoms with van der Waals surface area (Å²) in [7, 11) is 0.668. The van der Waals surface area contributed by atoms with Gasteiger partial charge in [-0.05, 0) is 46.4 Å². The number of aliphatic hydroxyl groups is 1. The minimum atomic E-state index is -1.43. The molecule has 2 rings (SSSR count). The van der Waals surface area contributed by atoms with Crippen LogP contribution in [0.2, 0.25) is 0 Å². The summed E-state index contributed by atoms with van der Waals surface area (Å²) in [4.78, 5) is 4.57. The minimum absolute atomic E-state index is 0.0828. The van der Waals surface area contributed by atoms with Crippen molar-refractivity contribution in [3.63, 3.8) is 0 Å². The SMILES string of the molecule is CN1CCN(Cc2ccc(B(O)OC(C)(C)C(C)(C)O)c(F)c2)CC1. The maximum Gasteiger partial charge on any atom is 0.494 e. The zero-order chi connectivity index (χ0) is 18.8. The average Bonchev–Trinajstić information content (AvgIpc) is 2.48. The van der Waals surface area contributed by atoms with Crippen molar-refractivity contribution < 1.29 is 19.2 Å². The second kappa shape index (κ2) is 7.72. The summed E-state index contributed by atoms with van der Waals surface area (Å²) in [5.41, 5.74) is -1.25. The lowest BCUT2D eigenvalue weighted by Gasteiger charge is -2.38. The van der Waals surface area contributed by atoms with Gasteiger partial charge in [-0.2, -0.15) is 0 Å². The molecule has 7 heteroatoms. The summed E-state index contributed by atoms with van der Waals surface area (Å²) in [6, 6.07) is 4.84. The number of halogens is 1. The summed E-state index contributed by atoms with van der Waals surface area (Å²) < 4.78 is 20.0. The van der Waals surface area contributed by atoms with Gasteiger partial charge < -0.3 is 19.7 Å². The smallest absolute Gasteiger partial charge is 0.423 e. The number of hydrogen-bond acceptors (Lipinski definition) is 5. The molecule has 0 radical (unpaired) electrons. The molecule has 0 atom stereocenters. The molecule has 0 aliphatic carbocycles. The van der Waals surface area contributed by atoms with Gasteiger partial charge in [0.2, 0.25) is 0 Å². The number of likely N-dealkylation sites (N-methyl/N-ethyl adjacent to an activating group) is 1. The first-order chi connectivity index (χ1) is 11.5. The third-order valence-corrected chi connectivity index (χ3v) is 5.21. The van der Waals surface area contributed by atoms with Crippen molar-refractivity contribution in [2.75, 3.05) is 33.2 Å². The van der Waals surface area contributed by atoms with Gasteiger partial charge in [-0.15, -0.1) is 0 Å². The van der Waals surface area contributed by atoms with Crippen LogP contribution in [0.1, 0.15) is 33.3 Å². The Bertz CT molecular complexity index is 584. The highest BCUT2D eigenvalue weighted by Gasteiger charge is 2.40. The Kier molecular flexibility index (Phi) is 6.28. The van der Waals surface area contributed by atoms with Crippen molar-refractivity contribution in [1.82, 2.24) is 9.80 Å². The summed E-state index contributed by atoms with van der Waals surface area (Å²) >= 11 is 0. The standard InChI is InChI=1S/C18H30BFN2O3/c1-17(2,23)18(3,4)25-19(24)15-7-6-14(12-16(15)20)13-22-10-8-21(5)9-11-22/h6-7,12,23-24H,8-11,13H2,1-5H3. The Morgan fingerprint density at radius 2 is 1.76 bits per heavy atom. The first-order valence-electron chi connectivity index (χ1n) is 8.77. The van der Waals surface area contributed by atoms with E-state index in [2.05, 4.69) is 16.8 Å². The van der Waals surface area contributed by atoms with E-state index in [0.29, 0.717) is 6.54 Å². The maximum atomic E-state index is 14.5. The summed E-state index contributed by atoms with van der Waals surface area (Å²) in [5.74, 6) is -0.495. The van der Waals surface area contributed by atoms with Crippen molar-refractivity contribution in [2.45, 2.75) is 45.4 Å². The van der Waals surface area contributed by atoms with E-state index in [1.807, 2.05) is 6.07 Å². The van der Waals surface area contributed by atoms with E-state index in [4.69, 9.17) is 4.65 Å². The molecule has 1 aromatic rings. The largest absolute Gasteiger partial charge is 0.494 e. The number of benzene rings is 1. The molecule has 5 nitrogen and oxygen atoms in total. The lowest BCUT2D eigenvalue weighted by Crippen LogP contribution is -2.53. The van der Waals surface area contributed by atoms with Crippen LogP contribution < -0.4 is 5.46 Å². The molecule has 0 aromatic heterocycles. The average molecular weight is 352 g/mol. The summed E-state index contributed by atoms with van der Waals surface area (Å²) in [6.07, 6.45) is 0. The molecule has 1 heterocycles. The van der Waals surface area contributed by atoms with Crippen molar-refractivity contribution in [3.05, 3.63) is 29.6 Å². The van der Waals surface area contributed by atoms with Crippen LogP contribution >= 0.6 is 0 Å². The molecule has 1 aromatic carbocycles. The molecule has 0 bridgehead atoms. The first-order valence-corrected chi connectivity index (χ1v) is 8.77. The zero-order valence-corrected chi connectivity index (χ0v) is 15.9. The summed E-state index contributed by atoms with van der Waals surface area (Å²) in [5, 5.41) is 20.4. The lowest BCUT2D eigenvalue weighted by atomic mass is 9.76. The van der Waals surface area contributed by atoms with Gasteiger partial charge in [0.1, 0.15) is 5.82 Å². The second-order valence-electron chi connectivity index (χ2n) is 7.97. The molecule has 2 N–H and O–H groups in total. The van der Waals surface area contributed by atoms with Gasteiger partial charge in [0.05, 0.1) is 11.2 Å². The lowest BCUT2D eigenvalue weighted by molar-refractivity contribution is -0.0983. The molecule has 25 heavy (non-hydrogen) atoms. The second-order valence-corrected chi connectivity index (χ2v) is 7.97. The molecule has 0 saturated carbocycles. The van der Waals surface area contributed by atoms with Crippen LogP contribution in [0, 0.1) is 5.82 Å². The topological polar surface area (TPSA) is 56.2 Å². The minimum Gasteiger partial charge on any atom is -0.423 e. The van der Waals surface area contributed by atoms with Gasteiger partial charge in [-0.25, -0.2) is 4.39 Å². The Balaban J connectivity index is 2.03. The van der Waals surface area contributed by atoms with Crippen LogP contribution in [0.4, 0.5) is 4.39 Å². The van der Waals surface area contributed by atoms with E-state index in [1.165, 1.54) is 6.07 Å². The van der Waals surface area contributed by atoms with E-state index < -0.39 is 24.1 Å². The Morgan fingerprint density at radius 1 is 1.16 bits per heavy atom. The van der Waals surface area contributed by atoms with Gasteiger partial charge in [-0.1, -0.05) is 12.1 Å². The Hall–Kier alpha value is -0.985. The third kappa shape index (κ3) is 5.25. The quantitative estimate of drug-likeness (QED) is 0.743. The molecule has 1 aliphatic rings. The van der Waals surface area contributed by atoms with E-state index >= 15 is 0 Å². The zero-order valence-electron chi connectivity index (χ0n) is 15.9. The monoisotopic (exact) mass is 352 g/mol. The predicted octanol–water partition coefficient (Wildman–Crippen LogP) is 0.827. The third-order valence-electron chi connectivity index (χ3n) is 5.21. The van der Waals surface area contributed by atoms with E-state index in [9.17, 15) is 14.5 Å². The van der Waals surface area contributed by atoms with E-state index in [-0.39, 0.29) is 5.46 Å². The van der Waals surface area contributed by atoms with E-state index in [0.717, 1.165) is 31.7 Å². The van der Waals surface area contributed by atoms with Gasteiger partial charge >= 0.3 is 7.12 Å². The highest BCUT2D eigenvalue weighted by atomic mass is 19.1. The van der Waals surface area contributed by atoms with Gasteiger partial charge in [-0.3, -0.25) is 4.90 Å². The fraction of sp³-hybridized carbons (Fsp3) is 0.667. The molecule has 1 aliphatic heterocycles. The number of hydrogen-bond donors (Lipinski definition) is 2. The van der Waals surface area contributed by atoms with Gasteiger partial charge in [0, 0.05) is 38.2 Å². The normalized spacial score (nSPS) is 17.8. The van der Waals surface area contributed by atoms with Crippen LogP contribution in [0.15, 0.2) is 18.2 Å². The van der Waals surface area contributed by atoms with Crippen LogP contribution in [-0.4, -0.2) is 71.5 Å². The van der Waals surface area contributed by atoms with Crippen molar-refractivity contribution in [3.8, 4) is 0 Å². The maximum absolute atomic E-state index is 14.5. The number of rotatable bonds is 6. The van der Waals surface area contributed by atoms with Crippen LogP contribution in [-0.2, 0) is 11.2 Å². The fourth-order valence-corrected chi connectivity index (χ4v) is 2.62. The van der Waals surface area contributed by atoms with E-state index in [1.54, 1.807) is 33.8 Å². The van der Waals surface area contributed by atoms with Gasteiger partial charge in [0.25, 0.3) is 0 Å². The summed E-state index contributed by atoms with van der Waals surface area (Å²) in [6.45, 7) is 11.2. The Labute approximate surface area is 150 Å². The van der Waals surface area contributed by atoms with Crippen molar-refractivity contribution in [1.29, 1.82) is 0 Å². The van der Waals surface area contributed by atoms with Crippen molar-refractivity contribution in [2.24, 2.45) is 0 Å². The number of nitrogens with zero attached hydrogens (tertiary/aromatic N) is 2. The molecule has 1 fully saturated rings. The number of piperazine rings is 1. The highest BCUT2D eigenvalue weighted by Crippen LogP contribution is 2.25. The van der Waals surface area contributed by atoms with Gasteiger partial charge in [0.15, 0.2) is 0 Å². The van der Waals surface area contributed by atoms with Crippen LogP contribution in [0.3, 0.4) is 0 Å². The molecular weight excluding hydrogens is 322 g/mol. The first kappa shape index (κ1) is 20.3. The molecule has 0 unspecified atom stereocenters. The van der Waals surface area contributed by atoms with Crippen LogP contribution in [0.5, 0.6) is 0 Å². The molecule has 0 spiro atoms. The Morgan fingerprint density at radius 3 is 2.28 bits per heavy atom. The van der Waals surface area contributed by atoms with Crippen molar-refractivity contribution >= 4 is 12.6 Å². The fourth-order valence-electron chi connectivity index (χ4n) is 2.62. The molecule has 0 amide bonds. The molecule has 1 saturated heterocycles. The molecular formula is C18H30BFN2O3. The highest BCUT2D eigenvalue weighted by molar-refractivity contribution is 6.60. The predicted molar refractivity (Wildman–Crippen MR) is 98.2 cm³/mol. The molecule has 140 valence electrons. The van der Waals surface area contributed by atoms with Crippen LogP contribution in [0.25, 0.3) is 0 Å².